The first-order valence-electron chi connectivity index (χ1n) is 6.00. The minimum atomic E-state index is -0.554. The third-order valence-electron chi connectivity index (χ3n) is 3.04. The van der Waals surface area contributed by atoms with Crippen molar-refractivity contribution in [3.05, 3.63) is 16.4 Å². The summed E-state index contributed by atoms with van der Waals surface area (Å²) in [5, 5.41) is 14.0. The maximum Gasteiger partial charge on any atom is 0.354 e. The molecule has 1 aliphatic rings. The SMILES string of the molecule is NNc1ncnc(NCC2CCOCC2)c1[N+](=O)[O-]. The van der Waals surface area contributed by atoms with Crippen LogP contribution in [0.4, 0.5) is 17.3 Å². The number of ether oxygens (including phenoxy) is 1. The van der Waals surface area contributed by atoms with E-state index in [1.165, 1.54) is 6.33 Å². The Bertz CT molecular complexity index is 449. The molecule has 1 aromatic rings. The molecule has 0 amide bonds. The van der Waals surface area contributed by atoms with E-state index in [1.54, 1.807) is 0 Å². The number of aromatic nitrogens is 2. The molecule has 0 bridgehead atoms. The molecule has 0 spiro atoms. The largest absolute Gasteiger partial charge is 0.381 e. The molecule has 104 valence electrons. The molecule has 0 saturated carbocycles. The van der Waals surface area contributed by atoms with Gasteiger partial charge in [0.05, 0.1) is 4.92 Å². The average molecular weight is 268 g/mol. The van der Waals surface area contributed by atoms with E-state index in [4.69, 9.17) is 10.6 Å². The number of hydrogen-bond acceptors (Lipinski definition) is 8. The van der Waals surface area contributed by atoms with Gasteiger partial charge in [0, 0.05) is 19.8 Å². The number of nitro groups is 1. The Morgan fingerprint density at radius 2 is 2.11 bits per heavy atom. The number of rotatable bonds is 5. The monoisotopic (exact) mass is 268 g/mol. The van der Waals surface area contributed by atoms with Crippen molar-refractivity contribution in [2.45, 2.75) is 12.8 Å². The molecule has 1 aromatic heterocycles. The zero-order valence-electron chi connectivity index (χ0n) is 10.3. The van der Waals surface area contributed by atoms with Crippen LogP contribution < -0.4 is 16.6 Å². The fraction of sp³-hybridized carbons (Fsp3) is 0.600. The molecule has 2 heterocycles. The molecule has 0 atom stereocenters. The van der Waals surface area contributed by atoms with Crippen molar-refractivity contribution < 1.29 is 9.66 Å². The number of anilines is 2. The van der Waals surface area contributed by atoms with Crippen LogP contribution in [0.1, 0.15) is 12.8 Å². The van der Waals surface area contributed by atoms with Gasteiger partial charge in [-0.3, -0.25) is 10.1 Å². The van der Waals surface area contributed by atoms with E-state index in [2.05, 4.69) is 20.7 Å². The van der Waals surface area contributed by atoms with Gasteiger partial charge in [0.1, 0.15) is 6.33 Å². The van der Waals surface area contributed by atoms with Crippen molar-refractivity contribution in [1.29, 1.82) is 0 Å². The average Bonchev–Trinajstić information content (AvgIpc) is 2.45. The molecule has 1 fully saturated rings. The summed E-state index contributed by atoms with van der Waals surface area (Å²) in [5.74, 6) is 5.81. The van der Waals surface area contributed by atoms with Gasteiger partial charge in [-0.25, -0.2) is 15.8 Å². The first kappa shape index (κ1) is 13.4. The highest BCUT2D eigenvalue weighted by Gasteiger charge is 2.23. The maximum atomic E-state index is 11.0. The highest BCUT2D eigenvalue weighted by atomic mass is 16.6. The Morgan fingerprint density at radius 3 is 2.74 bits per heavy atom. The second-order valence-electron chi connectivity index (χ2n) is 4.26. The molecular weight excluding hydrogens is 252 g/mol. The summed E-state index contributed by atoms with van der Waals surface area (Å²) < 4.78 is 5.26. The number of nitrogens with zero attached hydrogens (tertiary/aromatic N) is 3. The molecule has 2 rings (SSSR count). The van der Waals surface area contributed by atoms with Gasteiger partial charge in [0.2, 0.25) is 11.6 Å². The first-order chi connectivity index (χ1) is 9.22. The van der Waals surface area contributed by atoms with Crippen LogP contribution in [0.25, 0.3) is 0 Å². The Hall–Kier alpha value is -2.00. The fourth-order valence-electron chi connectivity index (χ4n) is 1.98. The zero-order valence-corrected chi connectivity index (χ0v) is 10.3. The Balaban J connectivity index is 2.08. The summed E-state index contributed by atoms with van der Waals surface area (Å²) in [6, 6.07) is 0. The molecule has 0 aromatic carbocycles. The highest BCUT2D eigenvalue weighted by molar-refractivity contribution is 5.68. The quantitative estimate of drug-likeness (QED) is 0.400. The van der Waals surface area contributed by atoms with Crippen LogP contribution in [0.2, 0.25) is 0 Å². The first-order valence-corrected chi connectivity index (χ1v) is 6.00. The lowest BCUT2D eigenvalue weighted by Crippen LogP contribution is -2.23. The molecular formula is C10H16N6O3. The van der Waals surface area contributed by atoms with Gasteiger partial charge < -0.3 is 15.5 Å². The maximum absolute atomic E-state index is 11.0. The smallest absolute Gasteiger partial charge is 0.354 e. The predicted octanol–water partition coefficient (Wildman–Crippen LogP) is 0.509. The van der Waals surface area contributed by atoms with Crippen LogP contribution in [0, 0.1) is 16.0 Å². The van der Waals surface area contributed by atoms with Crippen LogP contribution in [-0.2, 0) is 4.74 Å². The van der Waals surface area contributed by atoms with Crippen LogP contribution in [0.15, 0.2) is 6.33 Å². The summed E-state index contributed by atoms with van der Waals surface area (Å²) in [5.41, 5.74) is 1.96. The number of nitrogen functional groups attached to an aromatic ring is 1. The minimum Gasteiger partial charge on any atom is -0.381 e. The molecule has 19 heavy (non-hydrogen) atoms. The Labute approximate surface area is 109 Å². The fourth-order valence-corrected chi connectivity index (χ4v) is 1.98. The number of hydrazine groups is 1. The Morgan fingerprint density at radius 1 is 1.42 bits per heavy atom. The standard InChI is InChI=1S/C10H16N6O3/c11-15-10-8(16(17)18)9(13-6-14-10)12-5-7-1-3-19-4-2-7/h6-7H,1-5,11H2,(H2,12,13,14,15). The van der Waals surface area contributed by atoms with Crippen molar-refractivity contribution in [3.63, 3.8) is 0 Å². The van der Waals surface area contributed by atoms with Crippen LogP contribution in [-0.4, -0.2) is 34.6 Å². The Kier molecular flexibility index (Phi) is 4.42. The van der Waals surface area contributed by atoms with Crippen molar-refractivity contribution in [1.82, 2.24) is 9.97 Å². The van der Waals surface area contributed by atoms with Gasteiger partial charge in [0.15, 0.2) is 0 Å². The number of hydrogen-bond donors (Lipinski definition) is 3. The van der Waals surface area contributed by atoms with Gasteiger partial charge in [-0.2, -0.15) is 0 Å². The second kappa shape index (κ2) is 6.25. The third-order valence-corrected chi connectivity index (χ3v) is 3.04. The summed E-state index contributed by atoms with van der Waals surface area (Å²) in [6.45, 7) is 2.08. The molecule has 0 unspecified atom stereocenters. The van der Waals surface area contributed by atoms with E-state index in [0.29, 0.717) is 12.5 Å². The molecule has 0 aliphatic carbocycles. The van der Waals surface area contributed by atoms with Gasteiger partial charge in [-0.15, -0.1) is 0 Å². The normalized spacial score (nSPS) is 16.1. The van der Waals surface area contributed by atoms with Gasteiger partial charge in [0.25, 0.3) is 0 Å². The molecule has 0 radical (unpaired) electrons. The minimum absolute atomic E-state index is 0.00511. The summed E-state index contributed by atoms with van der Waals surface area (Å²) in [4.78, 5) is 18.1. The predicted molar refractivity (Wildman–Crippen MR) is 68.5 cm³/mol. The molecule has 9 heteroatoms. The van der Waals surface area contributed by atoms with E-state index >= 15 is 0 Å². The third kappa shape index (κ3) is 3.26. The second-order valence-corrected chi connectivity index (χ2v) is 4.26. The van der Waals surface area contributed by atoms with Crippen LogP contribution in [0.5, 0.6) is 0 Å². The van der Waals surface area contributed by atoms with Gasteiger partial charge >= 0.3 is 5.69 Å². The van der Waals surface area contributed by atoms with Crippen LogP contribution >= 0.6 is 0 Å². The van der Waals surface area contributed by atoms with E-state index in [1.807, 2.05) is 0 Å². The van der Waals surface area contributed by atoms with E-state index in [-0.39, 0.29) is 17.3 Å². The highest BCUT2D eigenvalue weighted by Crippen LogP contribution is 2.28. The van der Waals surface area contributed by atoms with Gasteiger partial charge in [-0.05, 0) is 18.8 Å². The van der Waals surface area contributed by atoms with E-state index < -0.39 is 4.92 Å². The van der Waals surface area contributed by atoms with Crippen molar-refractivity contribution in [2.75, 3.05) is 30.5 Å². The number of nitrogens with one attached hydrogen (secondary N) is 2. The molecule has 1 saturated heterocycles. The van der Waals surface area contributed by atoms with Crippen molar-refractivity contribution >= 4 is 17.3 Å². The van der Waals surface area contributed by atoms with E-state index in [0.717, 1.165) is 26.1 Å². The summed E-state index contributed by atoms with van der Waals surface area (Å²) in [7, 11) is 0. The molecule has 4 N–H and O–H groups in total. The molecule has 1 aliphatic heterocycles. The summed E-state index contributed by atoms with van der Waals surface area (Å²) >= 11 is 0. The zero-order chi connectivity index (χ0) is 13.7. The molecule has 9 nitrogen and oxygen atoms in total. The number of nitrogens with two attached hydrogens (primary N) is 1. The van der Waals surface area contributed by atoms with Gasteiger partial charge in [-0.1, -0.05) is 0 Å². The summed E-state index contributed by atoms with van der Waals surface area (Å²) in [6.07, 6.45) is 3.11. The van der Waals surface area contributed by atoms with Crippen LogP contribution in [0.3, 0.4) is 0 Å². The van der Waals surface area contributed by atoms with Crippen molar-refractivity contribution in [3.8, 4) is 0 Å². The lowest BCUT2D eigenvalue weighted by Gasteiger charge is -2.22. The topological polar surface area (TPSA) is 128 Å². The van der Waals surface area contributed by atoms with Crippen molar-refractivity contribution in [2.24, 2.45) is 11.8 Å². The lowest BCUT2D eigenvalue weighted by atomic mass is 10.0. The lowest BCUT2D eigenvalue weighted by molar-refractivity contribution is -0.383. The van der Waals surface area contributed by atoms with E-state index in [9.17, 15) is 10.1 Å².